The molecule has 2 aromatic heterocycles. The van der Waals surface area contributed by atoms with Crippen molar-refractivity contribution in [2.45, 2.75) is 20.6 Å². The fraction of sp³-hybridized carbons (Fsp3) is 0.0294. The maximum atomic E-state index is 6.72. The molecule has 2 nitrogen and oxygen atoms in total. The molecule has 4 aliphatic rings. The number of thiophene rings is 1. The summed E-state index contributed by atoms with van der Waals surface area (Å²) in [6.07, 6.45) is 0. The Labute approximate surface area is 424 Å². The van der Waals surface area contributed by atoms with Gasteiger partial charge in [-0.1, -0.05) is 182 Å². The van der Waals surface area contributed by atoms with Gasteiger partial charge in [0.2, 0.25) is 0 Å². The van der Waals surface area contributed by atoms with Gasteiger partial charge < -0.3 is 9.32 Å². The molecule has 0 N–H and O–H groups in total. The summed E-state index contributed by atoms with van der Waals surface area (Å²) in [4.78, 5) is 5.19. The van der Waals surface area contributed by atoms with Crippen LogP contribution in [-0.2, 0) is 10.8 Å². The molecular formula is C68H39NOS2. The number of fused-ring (bicyclic) bond motifs is 25. The predicted molar refractivity (Wildman–Crippen MR) is 299 cm³/mol. The van der Waals surface area contributed by atoms with Crippen molar-refractivity contribution in [3.8, 4) is 33.4 Å². The average molecular weight is 950 g/mol. The van der Waals surface area contributed by atoms with Gasteiger partial charge in [0.25, 0.3) is 0 Å². The third kappa shape index (κ3) is 4.78. The highest BCUT2D eigenvalue weighted by molar-refractivity contribution is 7.99. The van der Waals surface area contributed by atoms with Gasteiger partial charge in [-0.3, -0.25) is 0 Å². The van der Waals surface area contributed by atoms with E-state index >= 15 is 0 Å². The zero-order valence-corrected chi connectivity index (χ0v) is 40.3. The van der Waals surface area contributed by atoms with Crippen LogP contribution in [0.25, 0.3) is 75.5 Å². The monoisotopic (exact) mass is 949 g/mol. The number of para-hydroxylation sites is 1. The van der Waals surface area contributed by atoms with Crippen molar-refractivity contribution < 1.29 is 4.42 Å². The quantitative estimate of drug-likeness (QED) is 0.176. The Morgan fingerprint density at radius 1 is 0.333 bits per heavy atom. The van der Waals surface area contributed by atoms with E-state index < -0.39 is 10.8 Å². The normalized spacial score (nSPS) is 14.6. The van der Waals surface area contributed by atoms with Gasteiger partial charge in [0.15, 0.2) is 0 Å². The molecule has 4 heteroatoms. The molecule has 0 radical (unpaired) electrons. The highest BCUT2D eigenvalue weighted by Gasteiger charge is 2.53. The molecule has 0 saturated carbocycles. The van der Waals surface area contributed by atoms with E-state index in [0.29, 0.717) is 0 Å². The Bertz CT molecular complexity index is 4440. The number of nitrogens with zero attached hydrogens (tertiary/aromatic N) is 1. The van der Waals surface area contributed by atoms with Crippen LogP contribution in [0.2, 0.25) is 0 Å². The second kappa shape index (κ2) is 14.1. The minimum absolute atomic E-state index is 0.447. The molecule has 13 aromatic rings. The van der Waals surface area contributed by atoms with E-state index in [1.807, 2.05) is 23.1 Å². The van der Waals surface area contributed by atoms with Crippen LogP contribution < -0.4 is 4.90 Å². The number of furan rings is 1. The van der Waals surface area contributed by atoms with Gasteiger partial charge in [-0.15, -0.1) is 11.3 Å². The number of hydrogen-bond acceptors (Lipinski definition) is 4. The summed E-state index contributed by atoms with van der Waals surface area (Å²) < 4.78 is 9.26. The van der Waals surface area contributed by atoms with E-state index in [-0.39, 0.29) is 0 Å². The third-order valence-corrected chi connectivity index (χ3v) is 18.8. The van der Waals surface area contributed by atoms with Gasteiger partial charge in [-0.25, -0.2) is 0 Å². The summed E-state index contributed by atoms with van der Waals surface area (Å²) in [6, 6.07) is 89.0. The Morgan fingerprint density at radius 3 is 1.57 bits per heavy atom. The molecular weight excluding hydrogens is 911 g/mol. The van der Waals surface area contributed by atoms with Crippen molar-refractivity contribution in [1.29, 1.82) is 0 Å². The van der Waals surface area contributed by atoms with Crippen molar-refractivity contribution in [3.63, 3.8) is 0 Å². The SMILES string of the molecule is c1ccc2c(c1)Sc1ccccc1C21c2ccccc2-c2cc3c(cc21)sc1cccc(N(c2ccc4c(c2)oc2ccccc24)c2cccc4c2-c2ccccc2C42c4ccccc4-c4ccccc42)c13. The van der Waals surface area contributed by atoms with Crippen molar-refractivity contribution in [2.75, 3.05) is 4.90 Å². The summed E-state index contributed by atoms with van der Waals surface area (Å²) in [5.74, 6) is 0. The number of hydrogen-bond donors (Lipinski definition) is 0. The molecule has 72 heavy (non-hydrogen) atoms. The summed E-state index contributed by atoms with van der Waals surface area (Å²) in [5.41, 5.74) is 22.6. The Morgan fingerprint density at radius 2 is 0.861 bits per heavy atom. The molecule has 11 aromatic carbocycles. The van der Waals surface area contributed by atoms with E-state index in [2.05, 4.69) is 241 Å². The molecule has 0 fully saturated rings. The lowest BCUT2D eigenvalue weighted by Gasteiger charge is -2.39. The standard InChI is InChI=1S/C68H39NOS2/c1-6-22-49-41(17-1)42-18-2-7-23-50(42)67(49)52-25-9-4-21-46(52)65-55(67)28-15-29-57(65)69(40-35-36-45-44-20-5-12-31-59(44)70-60(45)37-40)58-30-16-34-63-66(58)48-38-47-43-19-3-8-24-51(43)68(56(47)39-64(48)72-63)53-26-10-13-32-61(53)71-62-33-14-11-27-54(62)68/h1-39H. The Balaban J connectivity index is 0.969. The first kappa shape index (κ1) is 39.3. The van der Waals surface area contributed by atoms with Crippen molar-refractivity contribution in [3.05, 3.63) is 281 Å². The first-order valence-corrected chi connectivity index (χ1v) is 26.5. The summed E-state index contributed by atoms with van der Waals surface area (Å²) in [7, 11) is 0. The van der Waals surface area contributed by atoms with Crippen LogP contribution in [-0.4, -0.2) is 0 Å². The minimum atomic E-state index is -0.483. The van der Waals surface area contributed by atoms with Crippen LogP contribution in [0.1, 0.15) is 44.5 Å². The van der Waals surface area contributed by atoms with Gasteiger partial charge in [0, 0.05) is 58.1 Å². The maximum Gasteiger partial charge on any atom is 0.137 e. The number of benzene rings is 11. The topological polar surface area (TPSA) is 16.4 Å². The van der Waals surface area contributed by atoms with E-state index in [0.717, 1.165) is 39.0 Å². The van der Waals surface area contributed by atoms with Crippen molar-refractivity contribution in [2.24, 2.45) is 0 Å². The molecule has 17 rings (SSSR count). The van der Waals surface area contributed by atoms with Crippen LogP contribution in [0.5, 0.6) is 0 Å². The van der Waals surface area contributed by atoms with Gasteiger partial charge in [0.05, 0.1) is 22.2 Å². The Hall–Kier alpha value is -8.41. The lowest BCUT2D eigenvalue weighted by atomic mass is 9.67. The first-order valence-electron chi connectivity index (χ1n) is 24.8. The first-order chi connectivity index (χ1) is 35.7. The smallest absolute Gasteiger partial charge is 0.137 e. The highest BCUT2D eigenvalue weighted by Crippen LogP contribution is 2.66. The van der Waals surface area contributed by atoms with Crippen LogP contribution in [0.15, 0.2) is 251 Å². The summed E-state index contributed by atoms with van der Waals surface area (Å²) in [6.45, 7) is 0. The third-order valence-electron chi connectivity index (χ3n) is 16.5. The van der Waals surface area contributed by atoms with Crippen LogP contribution in [0.4, 0.5) is 17.1 Å². The Kier molecular flexibility index (Phi) is 7.72. The molecule has 0 saturated heterocycles. The van der Waals surface area contributed by atoms with Crippen molar-refractivity contribution >= 4 is 82.3 Å². The number of rotatable bonds is 3. The van der Waals surface area contributed by atoms with Crippen LogP contribution >= 0.6 is 23.1 Å². The second-order valence-corrected chi connectivity index (χ2v) is 21.9. The zero-order valence-electron chi connectivity index (χ0n) is 38.7. The summed E-state index contributed by atoms with van der Waals surface area (Å²) >= 11 is 3.80. The molecule has 3 aliphatic carbocycles. The maximum absolute atomic E-state index is 6.72. The predicted octanol–water partition coefficient (Wildman–Crippen LogP) is 18.6. The van der Waals surface area contributed by atoms with Gasteiger partial charge >= 0.3 is 0 Å². The van der Waals surface area contributed by atoms with E-state index in [9.17, 15) is 0 Å². The molecule has 334 valence electrons. The van der Waals surface area contributed by atoms with E-state index in [1.54, 1.807) is 0 Å². The molecule has 0 amide bonds. The molecule has 2 spiro atoms. The largest absolute Gasteiger partial charge is 0.456 e. The fourth-order valence-corrected chi connectivity index (χ4v) is 16.3. The fourth-order valence-electron chi connectivity index (χ4n) is 13.9. The molecule has 1 aliphatic heterocycles. The highest BCUT2D eigenvalue weighted by atomic mass is 32.2. The van der Waals surface area contributed by atoms with Gasteiger partial charge in [0.1, 0.15) is 11.2 Å². The molecule has 0 atom stereocenters. The van der Waals surface area contributed by atoms with E-state index in [4.69, 9.17) is 4.42 Å². The lowest BCUT2D eigenvalue weighted by molar-refractivity contribution is 0.669. The molecule has 0 unspecified atom stereocenters. The van der Waals surface area contributed by atoms with Crippen LogP contribution in [0, 0.1) is 0 Å². The zero-order chi connectivity index (χ0) is 46.9. The van der Waals surface area contributed by atoms with Crippen molar-refractivity contribution in [1.82, 2.24) is 0 Å². The van der Waals surface area contributed by atoms with E-state index in [1.165, 1.54) is 108 Å². The minimum Gasteiger partial charge on any atom is -0.456 e. The second-order valence-electron chi connectivity index (χ2n) is 19.7. The van der Waals surface area contributed by atoms with Gasteiger partial charge in [-0.05, 0) is 133 Å². The molecule has 0 bridgehead atoms. The van der Waals surface area contributed by atoms with Crippen LogP contribution in [0.3, 0.4) is 0 Å². The lowest BCUT2D eigenvalue weighted by Crippen LogP contribution is -2.31. The summed E-state index contributed by atoms with van der Waals surface area (Å²) in [5, 5.41) is 4.75. The number of anilines is 3. The van der Waals surface area contributed by atoms with Gasteiger partial charge in [-0.2, -0.15) is 0 Å². The molecule has 3 heterocycles. The average Bonchev–Trinajstić information content (AvgIpc) is 4.22.